The van der Waals surface area contributed by atoms with Gasteiger partial charge >= 0.3 is 5.69 Å². The summed E-state index contributed by atoms with van der Waals surface area (Å²) < 4.78 is 28.7. The second kappa shape index (κ2) is 9.51. The van der Waals surface area contributed by atoms with Crippen molar-refractivity contribution >= 4 is 38.7 Å². The molecule has 0 bridgehead atoms. The first-order valence-corrected chi connectivity index (χ1v) is 11.7. The number of hydrogen-bond acceptors (Lipinski definition) is 6. The van der Waals surface area contributed by atoms with Gasteiger partial charge in [0.2, 0.25) is 15.9 Å². The molecule has 0 saturated heterocycles. The summed E-state index contributed by atoms with van der Waals surface area (Å²) in [7, 11) is -0.664. The lowest BCUT2D eigenvalue weighted by molar-refractivity contribution is -0.111. The summed E-state index contributed by atoms with van der Waals surface area (Å²) in [5.41, 5.74) is 0.164. The highest BCUT2D eigenvalue weighted by molar-refractivity contribution is 7.89. The summed E-state index contributed by atoms with van der Waals surface area (Å²) in [6.07, 6.45) is 4.19. The Labute approximate surface area is 190 Å². The number of aromatic nitrogens is 3. The Hall–Kier alpha value is -3.57. The number of hydrogen-bond donors (Lipinski definition) is 1. The molecule has 11 heteroatoms. The average molecular weight is 472 g/mol. The van der Waals surface area contributed by atoms with Gasteiger partial charge in [-0.05, 0) is 29.8 Å². The lowest BCUT2D eigenvalue weighted by Gasteiger charge is -2.18. The minimum absolute atomic E-state index is 0.186. The van der Waals surface area contributed by atoms with E-state index < -0.39 is 27.2 Å². The van der Waals surface area contributed by atoms with Gasteiger partial charge in [-0.25, -0.2) is 18.2 Å². The Balaban J connectivity index is 1.77. The van der Waals surface area contributed by atoms with Gasteiger partial charge < -0.3 is 5.32 Å². The van der Waals surface area contributed by atoms with E-state index >= 15 is 0 Å². The Morgan fingerprint density at radius 2 is 1.73 bits per heavy atom. The summed E-state index contributed by atoms with van der Waals surface area (Å²) in [5.74, 6) is -0.461. The zero-order chi connectivity index (χ0) is 24.3. The highest BCUT2D eigenvalue weighted by Gasteiger charge is 2.21. The standard InChI is InChI=1S/C22H25N5O5S/c1-5-27(6-2)33(31,32)17-10-7-15(8-11-17)9-12-19(28)24-16-13-18-20(23-14-16)25(3)22(30)26(4)21(18)29/h7-14H,5-6H2,1-4H3,(H,24,28)/b12-9+. The number of aryl methyl sites for hydroxylation is 1. The molecule has 0 atom stereocenters. The number of pyridine rings is 1. The van der Waals surface area contributed by atoms with Crippen molar-refractivity contribution in [2.45, 2.75) is 18.7 Å². The minimum Gasteiger partial charge on any atom is -0.321 e. The molecular formula is C22H25N5O5S. The number of sulfonamides is 1. The molecule has 0 aliphatic carbocycles. The maximum Gasteiger partial charge on any atom is 0.332 e. The Kier molecular flexibility index (Phi) is 6.94. The molecule has 0 spiro atoms. The third-order valence-corrected chi connectivity index (χ3v) is 7.28. The first-order valence-electron chi connectivity index (χ1n) is 10.2. The summed E-state index contributed by atoms with van der Waals surface area (Å²) in [4.78, 5) is 41.0. The van der Waals surface area contributed by atoms with E-state index in [1.165, 1.54) is 53.4 Å². The number of carbonyl (C=O) groups excluding carboxylic acids is 1. The zero-order valence-corrected chi connectivity index (χ0v) is 19.6. The molecule has 2 aromatic heterocycles. The van der Waals surface area contributed by atoms with E-state index in [0.717, 1.165) is 4.57 Å². The van der Waals surface area contributed by atoms with Crippen LogP contribution in [0.4, 0.5) is 5.69 Å². The van der Waals surface area contributed by atoms with E-state index in [1.807, 2.05) is 0 Å². The number of amides is 1. The van der Waals surface area contributed by atoms with Gasteiger partial charge in [0.05, 0.1) is 22.2 Å². The number of nitrogens with one attached hydrogen (secondary N) is 1. The molecule has 33 heavy (non-hydrogen) atoms. The average Bonchev–Trinajstić information content (AvgIpc) is 2.81. The first-order chi connectivity index (χ1) is 15.6. The van der Waals surface area contributed by atoms with Crippen LogP contribution in [0.25, 0.3) is 17.1 Å². The fraction of sp³-hybridized carbons (Fsp3) is 0.273. The first kappa shape index (κ1) is 24.1. The van der Waals surface area contributed by atoms with Crippen molar-refractivity contribution in [1.29, 1.82) is 0 Å². The van der Waals surface area contributed by atoms with Gasteiger partial charge in [-0.3, -0.25) is 18.7 Å². The Morgan fingerprint density at radius 3 is 2.33 bits per heavy atom. The molecule has 0 aliphatic rings. The molecule has 0 saturated carbocycles. The molecule has 3 rings (SSSR count). The second-order valence-corrected chi connectivity index (χ2v) is 9.22. The van der Waals surface area contributed by atoms with Crippen LogP contribution in [0.15, 0.2) is 57.1 Å². The van der Waals surface area contributed by atoms with Crippen molar-refractivity contribution in [3.63, 3.8) is 0 Å². The number of benzene rings is 1. The molecule has 3 aromatic rings. The topological polar surface area (TPSA) is 123 Å². The quantitative estimate of drug-likeness (QED) is 0.519. The predicted molar refractivity (Wildman–Crippen MR) is 126 cm³/mol. The number of nitrogens with zero attached hydrogens (tertiary/aromatic N) is 4. The molecule has 0 radical (unpaired) electrons. The van der Waals surface area contributed by atoms with E-state index in [9.17, 15) is 22.8 Å². The summed E-state index contributed by atoms with van der Waals surface area (Å²) >= 11 is 0. The van der Waals surface area contributed by atoms with E-state index in [0.29, 0.717) is 24.3 Å². The number of carbonyl (C=O) groups is 1. The lowest BCUT2D eigenvalue weighted by Crippen LogP contribution is -2.37. The molecule has 1 amide bonds. The van der Waals surface area contributed by atoms with E-state index in [-0.39, 0.29) is 15.9 Å². The molecule has 10 nitrogen and oxygen atoms in total. The van der Waals surface area contributed by atoms with Crippen LogP contribution in [0.1, 0.15) is 19.4 Å². The third-order valence-electron chi connectivity index (χ3n) is 5.21. The van der Waals surface area contributed by atoms with Gasteiger partial charge in [0.25, 0.3) is 5.56 Å². The maximum absolute atomic E-state index is 12.5. The van der Waals surface area contributed by atoms with Crippen LogP contribution >= 0.6 is 0 Å². The van der Waals surface area contributed by atoms with Gasteiger partial charge in [0.1, 0.15) is 5.65 Å². The number of rotatable bonds is 7. The minimum atomic E-state index is -3.55. The summed E-state index contributed by atoms with van der Waals surface area (Å²) in [6, 6.07) is 7.68. The molecular weight excluding hydrogens is 446 g/mol. The second-order valence-electron chi connectivity index (χ2n) is 7.28. The summed E-state index contributed by atoms with van der Waals surface area (Å²) in [5, 5.41) is 2.82. The van der Waals surface area contributed by atoms with Crippen LogP contribution in [-0.4, -0.2) is 45.8 Å². The SMILES string of the molecule is CCN(CC)S(=O)(=O)c1ccc(/C=C/C(=O)Nc2cnc3c(c2)c(=O)n(C)c(=O)n3C)cc1. The Morgan fingerprint density at radius 1 is 1.09 bits per heavy atom. The van der Waals surface area contributed by atoms with Crippen molar-refractivity contribution in [1.82, 2.24) is 18.4 Å². The molecule has 0 aliphatic heterocycles. The van der Waals surface area contributed by atoms with Crippen molar-refractivity contribution in [3.05, 3.63) is 69.0 Å². The fourth-order valence-electron chi connectivity index (χ4n) is 3.35. The largest absolute Gasteiger partial charge is 0.332 e. The normalized spacial score (nSPS) is 12.0. The highest BCUT2D eigenvalue weighted by atomic mass is 32.2. The highest BCUT2D eigenvalue weighted by Crippen LogP contribution is 2.17. The van der Waals surface area contributed by atoms with Gasteiger partial charge in [0, 0.05) is 33.3 Å². The number of anilines is 1. The monoisotopic (exact) mass is 471 g/mol. The van der Waals surface area contributed by atoms with Crippen LogP contribution < -0.4 is 16.6 Å². The maximum atomic E-state index is 12.5. The molecule has 0 unspecified atom stereocenters. The molecule has 2 heterocycles. The van der Waals surface area contributed by atoms with Gasteiger partial charge in [-0.2, -0.15) is 4.31 Å². The van der Waals surface area contributed by atoms with E-state index in [4.69, 9.17) is 0 Å². The lowest BCUT2D eigenvalue weighted by atomic mass is 10.2. The van der Waals surface area contributed by atoms with Crippen molar-refractivity contribution in [3.8, 4) is 0 Å². The van der Waals surface area contributed by atoms with Crippen molar-refractivity contribution in [2.24, 2.45) is 14.1 Å². The molecule has 1 N–H and O–H groups in total. The van der Waals surface area contributed by atoms with Crippen LogP contribution in [-0.2, 0) is 28.9 Å². The van der Waals surface area contributed by atoms with E-state index in [2.05, 4.69) is 10.3 Å². The summed E-state index contributed by atoms with van der Waals surface area (Å²) in [6.45, 7) is 4.32. The molecule has 174 valence electrons. The predicted octanol–water partition coefficient (Wildman–Crippen LogP) is 1.31. The fourth-order valence-corrected chi connectivity index (χ4v) is 4.81. The van der Waals surface area contributed by atoms with Gasteiger partial charge in [-0.15, -0.1) is 0 Å². The smallest absolute Gasteiger partial charge is 0.321 e. The van der Waals surface area contributed by atoms with Crippen LogP contribution in [0, 0.1) is 0 Å². The number of fused-ring (bicyclic) bond motifs is 1. The van der Waals surface area contributed by atoms with Crippen LogP contribution in [0.3, 0.4) is 0 Å². The van der Waals surface area contributed by atoms with E-state index in [1.54, 1.807) is 32.1 Å². The molecule has 0 fully saturated rings. The third kappa shape index (κ3) is 4.78. The molecule has 1 aromatic carbocycles. The van der Waals surface area contributed by atoms with Crippen molar-refractivity contribution in [2.75, 3.05) is 18.4 Å². The van der Waals surface area contributed by atoms with Gasteiger partial charge in [-0.1, -0.05) is 26.0 Å². The zero-order valence-electron chi connectivity index (χ0n) is 18.8. The Bertz CT molecular complexity index is 1450. The van der Waals surface area contributed by atoms with Gasteiger partial charge in [0.15, 0.2) is 0 Å². The van der Waals surface area contributed by atoms with Crippen molar-refractivity contribution < 1.29 is 13.2 Å². The van der Waals surface area contributed by atoms with Crippen LogP contribution in [0.5, 0.6) is 0 Å². The van der Waals surface area contributed by atoms with Crippen LogP contribution in [0.2, 0.25) is 0 Å².